The van der Waals surface area contributed by atoms with Crippen LogP contribution < -0.4 is 0 Å². The van der Waals surface area contributed by atoms with E-state index in [1.165, 1.54) is 38.5 Å². The molecule has 0 aliphatic carbocycles. The lowest BCUT2D eigenvalue weighted by Gasteiger charge is -2.07. The Labute approximate surface area is 172 Å². The second kappa shape index (κ2) is 15.7. The number of hydrogen-bond acceptors (Lipinski definition) is 4. The minimum Gasteiger partial charge on any atom is -0.466 e. The summed E-state index contributed by atoms with van der Waals surface area (Å²) in [6.45, 7) is 2.98. The summed E-state index contributed by atoms with van der Waals surface area (Å²) < 4.78 is 11.4. The van der Waals surface area contributed by atoms with Crippen molar-refractivity contribution < 1.29 is 19.1 Å². The highest BCUT2D eigenvalue weighted by Crippen LogP contribution is 2.16. The quantitative estimate of drug-likeness (QED) is 0.248. The van der Waals surface area contributed by atoms with Gasteiger partial charge in [0.05, 0.1) is 26.1 Å². The highest BCUT2D eigenvalue weighted by molar-refractivity contribution is 9.10. The first kappa shape index (κ1) is 23.7. The minimum atomic E-state index is -0.355. The molecule has 0 unspecified atom stereocenters. The van der Waals surface area contributed by atoms with Gasteiger partial charge in [-0.05, 0) is 18.1 Å². The van der Waals surface area contributed by atoms with Crippen LogP contribution in [-0.2, 0) is 25.5 Å². The Hall–Kier alpha value is -1.36. The van der Waals surface area contributed by atoms with Crippen molar-refractivity contribution in [3.63, 3.8) is 0 Å². The van der Waals surface area contributed by atoms with Gasteiger partial charge in [0.2, 0.25) is 0 Å². The van der Waals surface area contributed by atoms with Crippen molar-refractivity contribution in [3.05, 3.63) is 34.3 Å². The van der Waals surface area contributed by atoms with E-state index in [0.29, 0.717) is 19.6 Å². The summed E-state index contributed by atoms with van der Waals surface area (Å²) in [6.07, 6.45) is 10.5. The molecule has 1 aromatic carbocycles. The molecule has 0 bridgehead atoms. The van der Waals surface area contributed by atoms with Crippen LogP contribution in [0.2, 0.25) is 0 Å². The second-order valence-corrected chi connectivity index (χ2v) is 7.61. The molecular formula is C22H33BrO4. The summed E-state index contributed by atoms with van der Waals surface area (Å²) in [6, 6.07) is 7.84. The molecule has 0 amide bonds. The lowest BCUT2D eigenvalue weighted by molar-refractivity contribution is -0.150. The fraction of sp³-hybridized carbons (Fsp3) is 0.636. The number of esters is 2. The maximum absolute atomic E-state index is 11.7. The van der Waals surface area contributed by atoms with Crippen LogP contribution >= 0.6 is 15.9 Å². The number of benzene rings is 1. The van der Waals surface area contributed by atoms with Crippen LogP contribution in [0.5, 0.6) is 0 Å². The largest absolute Gasteiger partial charge is 0.466 e. The molecule has 0 spiro atoms. The van der Waals surface area contributed by atoms with Crippen LogP contribution in [0.3, 0.4) is 0 Å². The average Bonchev–Trinajstić information content (AvgIpc) is 2.66. The summed E-state index contributed by atoms with van der Waals surface area (Å²) >= 11 is 3.47. The minimum absolute atomic E-state index is 0.0756. The van der Waals surface area contributed by atoms with E-state index in [1.807, 2.05) is 24.3 Å². The first-order valence-electron chi connectivity index (χ1n) is 10.2. The van der Waals surface area contributed by atoms with Gasteiger partial charge in [-0.25, -0.2) is 0 Å². The summed E-state index contributed by atoms with van der Waals surface area (Å²) in [5.74, 6) is -0.674. The molecule has 27 heavy (non-hydrogen) atoms. The number of halogens is 1. The van der Waals surface area contributed by atoms with Crippen LogP contribution in [0.1, 0.15) is 76.7 Å². The van der Waals surface area contributed by atoms with Gasteiger partial charge in [-0.15, -0.1) is 0 Å². The third-order valence-corrected chi connectivity index (χ3v) is 5.16. The smallest absolute Gasteiger partial charge is 0.306 e. The van der Waals surface area contributed by atoms with Crippen molar-refractivity contribution in [1.29, 1.82) is 0 Å². The van der Waals surface area contributed by atoms with Crippen LogP contribution in [0.15, 0.2) is 28.7 Å². The summed E-state index contributed by atoms with van der Waals surface area (Å²) in [4.78, 5) is 23.4. The maximum atomic E-state index is 11.7. The van der Waals surface area contributed by atoms with E-state index in [2.05, 4.69) is 22.9 Å². The van der Waals surface area contributed by atoms with Gasteiger partial charge >= 0.3 is 11.9 Å². The Morgan fingerprint density at radius 2 is 1.37 bits per heavy atom. The Morgan fingerprint density at radius 3 is 2.00 bits per heavy atom. The van der Waals surface area contributed by atoms with Gasteiger partial charge in [0.15, 0.2) is 0 Å². The van der Waals surface area contributed by atoms with E-state index in [-0.39, 0.29) is 24.8 Å². The van der Waals surface area contributed by atoms with Crippen molar-refractivity contribution in [1.82, 2.24) is 0 Å². The molecule has 0 saturated carbocycles. The van der Waals surface area contributed by atoms with Gasteiger partial charge in [0, 0.05) is 10.9 Å². The van der Waals surface area contributed by atoms with Gasteiger partial charge < -0.3 is 9.47 Å². The van der Waals surface area contributed by atoms with Crippen LogP contribution in [0.4, 0.5) is 0 Å². The molecule has 5 heteroatoms. The highest BCUT2D eigenvalue weighted by atomic mass is 79.9. The Kier molecular flexibility index (Phi) is 13.7. The van der Waals surface area contributed by atoms with Crippen LogP contribution in [-0.4, -0.2) is 25.2 Å². The van der Waals surface area contributed by atoms with Gasteiger partial charge in [0.1, 0.15) is 0 Å². The first-order valence-corrected chi connectivity index (χ1v) is 11.0. The Balaban J connectivity index is 1.96. The van der Waals surface area contributed by atoms with Crippen LogP contribution in [0, 0.1) is 0 Å². The predicted octanol–water partition coefficient (Wildman–Crippen LogP) is 6.00. The van der Waals surface area contributed by atoms with Crippen LogP contribution in [0.25, 0.3) is 0 Å². The molecule has 0 aliphatic rings. The number of ether oxygens (including phenoxy) is 2. The number of hydrogen-bond donors (Lipinski definition) is 0. The Bertz CT molecular complexity index is 545. The number of unbranched alkanes of at least 4 members (excludes halogenated alkanes) is 7. The van der Waals surface area contributed by atoms with Gasteiger partial charge in [-0.2, -0.15) is 0 Å². The van der Waals surface area contributed by atoms with E-state index in [1.54, 1.807) is 0 Å². The first-order chi connectivity index (χ1) is 13.1. The Morgan fingerprint density at radius 1 is 0.815 bits per heavy atom. The molecule has 0 aliphatic heterocycles. The summed E-state index contributed by atoms with van der Waals surface area (Å²) in [7, 11) is 0. The van der Waals surface area contributed by atoms with E-state index in [9.17, 15) is 9.59 Å². The molecule has 1 rings (SSSR count). The van der Waals surface area contributed by atoms with E-state index < -0.39 is 0 Å². The highest BCUT2D eigenvalue weighted by Gasteiger charge is 2.09. The lowest BCUT2D eigenvalue weighted by atomic mass is 10.1. The van der Waals surface area contributed by atoms with Crippen molar-refractivity contribution in [3.8, 4) is 0 Å². The molecule has 0 atom stereocenters. The second-order valence-electron chi connectivity index (χ2n) is 6.76. The summed E-state index contributed by atoms with van der Waals surface area (Å²) in [5, 5.41) is 0. The molecule has 0 heterocycles. The molecule has 1 aromatic rings. The predicted molar refractivity (Wildman–Crippen MR) is 112 cm³/mol. The zero-order valence-corrected chi connectivity index (χ0v) is 18.1. The SMILES string of the molecule is CCCCCCCCCCOC(=O)CCC(=O)OCCc1ccccc1Br. The average molecular weight is 441 g/mol. The molecule has 0 fully saturated rings. The van der Waals surface area contributed by atoms with Gasteiger partial charge in [-0.3, -0.25) is 9.59 Å². The zero-order chi connectivity index (χ0) is 19.7. The third kappa shape index (κ3) is 12.6. The molecule has 0 saturated heterocycles. The standard InChI is InChI=1S/C22H33BrO4/c1-2-3-4-5-6-7-8-11-17-26-21(24)14-15-22(25)27-18-16-19-12-9-10-13-20(19)23/h9-10,12-13H,2-8,11,14-18H2,1H3. The molecule has 0 N–H and O–H groups in total. The van der Waals surface area contributed by atoms with Crippen molar-refractivity contribution in [2.45, 2.75) is 77.6 Å². The van der Waals surface area contributed by atoms with E-state index in [4.69, 9.17) is 9.47 Å². The number of rotatable bonds is 15. The van der Waals surface area contributed by atoms with Crippen molar-refractivity contribution in [2.75, 3.05) is 13.2 Å². The molecular weight excluding hydrogens is 408 g/mol. The maximum Gasteiger partial charge on any atom is 0.306 e. The summed E-state index contributed by atoms with van der Waals surface area (Å²) in [5.41, 5.74) is 1.09. The zero-order valence-electron chi connectivity index (χ0n) is 16.5. The normalized spacial score (nSPS) is 10.6. The number of carbonyl (C=O) groups excluding carboxylic acids is 2. The van der Waals surface area contributed by atoms with E-state index in [0.717, 1.165) is 22.9 Å². The fourth-order valence-corrected chi connectivity index (χ4v) is 3.23. The van der Waals surface area contributed by atoms with E-state index >= 15 is 0 Å². The monoisotopic (exact) mass is 440 g/mol. The third-order valence-electron chi connectivity index (χ3n) is 4.39. The molecule has 0 radical (unpaired) electrons. The fourth-order valence-electron chi connectivity index (χ4n) is 2.75. The molecule has 4 nitrogen and oxygen atoms in total. The van der Waals surface area contributed by atoms with Crippen molar-refractivity contribution >= 4 is 27.9 Å². The number of carbonyl (C=O) groups is 2. The van der Waals surface area contributed by atoms with Gasteiger partial charge in [0.25, 0.3) is 0 Å². The lowest BCUT2D eigenvalue weighted by Crippen LogP contribution is -2.12. The topological polar surface area (TPSA) is 52.6 Å². The molecule has 152 valence electrons. The van der Waals surface area contributed by atoms with Crippen molar-refractivity contribution in [2.24, 2.45) is 0 Å². The molecule has 0 aromatic heterocycles. The van der Waals surface area contributed by atoms with Gasteiger partial charge in [-0.1, -0.05) is 86.0 Å².